The minimum atomic E-state index is 0.800. The molecule has 0 aromatic heterocycles. The van der Waals surface area contributed by atoms with Crippen LogP contribution in [0.25, 0.3) is 0 Å². The lowest BCUT2D eigenvalue weighted by Crippen LogP contribution is -2.20. The number of aliphatic imine (C=N–C) groups is 1. The Morgan fingerprint density at radius 3 is 2.80 bits per heavy atom. The molecule has 0 radical (unpaired) electrons. The zero-order valence-electron chi connectivity index (χ0n) is 9.48. The Bertz CT molecular complexity index is 320. The summed E-state index contributed by atoms with van der Waals surface area (Å²) in [7, 11) is 2.02. The zero-order valence-corrected chi connectivity index (χ0v) is 9.48. The van der Waals surface area contributed by atoms with Gasteiger partial charge >= 0.3 is 0 Å². The molecule has 0 amide bonds. The molecule has 0 fully saturated rings. The quantitative estimate of drug-likeness (QED) is 0.591. The third kappa shape index (κ3) is 3.62. The molecule has 0 saturated carbocycles. The zero-order chi connectivity index (χ0) is 11.1. The van der Waals surface area contributed by atoms with Crippen molar-refractivity contribution in [2.75, 3.05) is 30.8 Å². The Hall–Kier alpha value is -1.51. The van der Waals surface area contributed by atoms with Crippen LogP contribution in [0.1, 0.15) is 13.3 Å². The van der Waals surface area contributed by atoms with Gasteiger partial charge < -0.3 is 10.6 Å². The van der Waals surface area contributed by atoms with Crippen molar-refractivity contribution in [2.24, 2.45) is 4.99 Å². The molecule has 0 aliphatic rings. The van der Waals surface area contributed by atoms with E-state index in [0.29, 0.717) is 0 Å². The first-order chi connectivity index (χ1) is 7.25. The summed E-state index contributed by atoms with van der Waals surface area (Å²) in [6.07, 6.45) is 3.03. The van der Waals surface area contributed by atoms with Gasteiger partial charge in [-0.25, -0.2) is 0 Å². The first-order valence-corrected chi connectivity index (χ1v) is 5.29. The minimum Gasteiger partial charge on any atom is -0.397 e. The van der Waals surface area contributed by atoms with Gasteiger partial charge in [-0.15, -0.1) is 0 Å². The van der Waals surface area contributed by atoms with E-state index in [4.69, 9.17) is 5.73 Å². The topological polar surface area (TPSA) is 41.6 Å². The van der Waals surface area contributed by atoms with Crippen molar-refractivity contribution in [3.63, 3.8) is 0 Å². The van der Waals surface area contributed by atoms with Gasteiger partial charge in [-0.1, -0.05) is 19.1 Å². The lowest BCUT2D eigenvalue weighted by atomic mass is 10.2. The molecule has 0 atom stereocenters. The highest BCUT2D eigenvalue weighted by Crippen LogP contribution is 2.20. The Balaban J connectivity index is 2.54. The molecule has 3 nitrogen and oxygen atoms in total. The van der Waals surface area contributed by atoms with E-state index in [1.54, 1.807) is 0 Å². The molecule has 0 spiro atoms. The molecule has 1 aromatic rings. The second-order valence-corrected chi connectivity index (χ2v) is 3.53. The van der Waals surface area contributed by atoms with Gasteiger partial charge in [-0.3, -0.25) is 4.99 Å². The first kappa shape index (κ1) is 11.6. The van der Waals surface area contributed by atoms with Crippen LogP contribution in [0.4, 0.5) is 11.4 Å². The number of nitrogens with two attached hydrogens (primary N) is 1. The predicted molar refractivity (Wildman–Crippen MR) is 67.8 cm³/mol. The summed E-state index contributed by atoms with van der Waals surface area (Å²) in [5.41, 5.74) is 7.73. The highest BCUT2D eigenvalue weighted by atomic mass is 15.1. The standard InChI is InChI=1S/C12H19N3/c1-3-8-14-9-10-15(2)12-7-5-4-6-11(12)13/h4-7,9H,3,8,10,13H2,1-2H3. The van der Waals surface area contributed by atoms with E-state index in [-0.39, 0.29) is 0 Å². The molecule has 3 heteroatoms. The van der Waals surface area contributed by atoms with Gasteiger partial charge in [-0.05, 0) is 18.6 Å². The number of anilines is 2. The van der Waals surface area contributed by atoms with Gasteiger partial charge in [0.2, 0.25) is 0 Å². The van der Waals surface area contributed by atoms with Crippen LogP contribution >= 0.6 is 0 Å². The third-order valence-electron chi connectivity index (χ3n) is 2.19. The smallest absolute Gasteiger partial charge is 0.0600 e. The van der Waals surface area contributed by atoms with Crippen LogP contribution < -0.4 is 10.6 Å². The Morgan fingerprint density at radius 2 is 2.13 bits per heavy atom. The van der Waals surface area contributed by atoms with E-state index in [9.17, 15) is 0 Å². The lowest BCUT2D eigenvalue weighted by Gasteiger charge is -2.18. The average Bonchev–Trinajstić information content (AvgIpc) is 2.25. The molecular formula is C12H19N3. The summed E-state index contributed by atoms with van der Waals surface area (Å²) in [6.45, 7) is 3.82. The number of nitrogens with zero attached hydrogens (tertiary/aromatic N) is 2. The molecule has 0 heterocycles. The average molecular weight is 205 g/mol. The highest BCUT2D eigenvalue weighted by Gasteiger charge is 2.01. The monoisotopic (exact) mass is 205 g/mol. The number of hydrogen-bond acceptors (Lipinski definition) is 3. The van der Waals surface area contributed by atoms with E-state index in [2.05, 4.69) is 16.8 Å². The molecule has 0 aliphatic carbocycles. The Kier molecular flexibility index (Phi) is 4.68. The van der Waals surface area contributed by atoms with Gasteiger partial charge in [0.05, 0.1) is 17.9 Å². The molecule has 2 N–H and O–H groups in total. The van der Waals surface area contributed by atoms with E-state index in [0.717, 1.165) is 30.9 Å². The van der Waals surface area contributed by atoms with Crippen LogP contribution in [-0.4, -0.2) is 26.4 Å². The van der Waals surface area contributed by atoms with Crippen molar-refractivity contribution < 1.29 is 0 Å². The van der Waals surface area contributed by atoms with Crippen LogP contribution in [0.5, 0.6) is 0 Å². The third-order valence-corrected chi connectivity index (χ3v) is 2.19. The number of rotatable bonds is 5. The fourth-order valence-corrected chi connectivity index (χ4v) is 1.33. The molecule has 0 unspecified atom stereocenters. The molecule has 1 aromatic carbocycles. The first-order valence-electron chi connectivity index (χ1n) is 5.29. The Morgan fingerprint density at radius 1 is 1.40 bits per heavy atom. The summed E-state index contributed by atoms with van der Waals surface area (Å²) < 4.78 is 0. The number of para-hydroxylation sites is 2. The minimum absolute atomic E-state index is 0.800. The molecule has 0 bridgehead atoms. The molecule has 1 rings (SSSR count). The summed E-state index contributed by atoms with van der Waals surface area (Å²) >= 11 is 0. The summed E-state index contributed by atoms with van der Waals surface area (Å²) in [5.74, 6) is 0. The second kappa shape index (κ2) is 6.06. The normalized spacial score (nSPS) is 10.8. The molecule has 0 aliphatic heterocycles. The highest BCUT2D eigenvalue weighted by molar-refractivity contribution is 5.72. The van der Waals surface area contributed by atoms with E-state index < -0.39 is 0 Å². The van der Waals surface area contributed by atoms with Gasteiger partial charge in [-0.2, -0.15) is 0 Å². The van der Waals surface area contributed by atoms with Gasteiger partial charge in [0.15, 0.2) is 0 Å². The maximum atomic E-state index is 5.87. The maximum Gasteiger partial charge on any atom is 0.0600 e. The van der Waals surface area contributed by atoms with Crippen molar-refractivity contribution in [3.05, 3.63) is 24.3 Å². The predicted octanol–water partition coefficient (Wildman–Crippen LogP) is 2.19. The summed E-state index contributed by atoms with van der Waals surface area (Å²) in [5, 5.41) is 0. The summed E-state index contributed by atoms with van der Waals surface area (Å²) in [6, 6.07) is 7.86. The van der Waals surface area contributed by atoms with E-state index in [1.807, 2.05) is 37.5 Å². The van der Waals surface area contributed by atoms with Gasteiger partial charge in [0.1, 0.15) is 0 Å². The van der Waals surface area contributed by atoms with Gasteiger partial charge in [0.25, 0.3) is 0 Å². The number of nitrogen functional groups attached to an aromatic ring is 1. The Labute approximate surface area is 91.6 Å². The largest absolute Gasteiger partial charge is 0.397 e. The van der Waals surface area contributed by atoms with E-state index >= 15 is 0 Å². The van der Waals surface area contributed by atoms with Crippen molar-refractivity contribution >= 4 is 17.6 Å². The van der Waals surface area contributed by atoms with Gasteiger partial charge in [0, 0.05) is 19.8 Å². The maximum absolute atomic E-state index is 5.87. The van der Waals surface area contributed by atoms with Crippen molar-refractivity contribution in [3.8, 4) is 0 Å². The van der Waals surface area contributed by atoms with Crippen LogP contribution in [0.3, 0.4) is 0 Å². The molecule has 15 heavy (non-hydrogen) atoms. The van der Waals surface area contributed by atoms with Crippen LogP contribution in [-0.2, 0) is 0 Å². The fraction of sp³-hybridized carbons (Fsp3) is 0.417. The fourth-order valence-electron chi connectivity index (χ4n) is 1.33. The van der Waals surface area contributed by atoms with Crippen molar-refractivity contribution in [1.82, 2.24) is 0 Å². The second-order valence-electron chi connectivity index (χ2n) is 3.53. The van der Waals surface area contributed by atoms with Crippen molar-refractivity contribution in [1.29, 1.82) is 0 Å². The van der Waals surface area contributed by atoms with E-state index in [1.165, 1.54) is 0 Å². The SMILES string of the molecule is CCCN=CCN(C)c1ccccc1N. The number of hydrogen-bond donors (Lipinski definition) is 1. The van der Waals surface area contributed by atoms with Crippen molar-refractivity contribution in [2.45, 2.75) is 13.3 Å². The summed E-state index contributed by atoms with van der Waals surface area (Å²) in [4.78, 5) is 6.37. The van der Waals surface area contributed by atoms with Crippen LogP contribution in [0.2, 0.25) is 0 Å². The molecular weight excluding hydrogens is 186 g/mol. The molecule has 82 valence electrons. The van der Waals surface area contributed by atoms with Crippen LogP contribution in [0, 0.1) is 0 Å². The number of benzene rings is 1. The lowest BCUT2D eigenvalue weighted by molar-refractivity contribution is 0.930. The molecule has 0 saturated heterocycles. The van der Waals surface area contributed by atoms with Crippen LogP contribution in [0.15, 0.2) is 29.3 Å².